The SMILES string of the molecule is CN1CCN(c2cc3c(cc2F)C(=O)N(C2CCC(=O)NC2=O)C3=O)CC1=O. The van der Waals surface area contributed by atoms with Crippen molar-refractivity contribution in [2.24, 2.45) is 0 Å². The highest BCUT2D eigenvalue weighted by atomic mass is 19.1. The van der Waals surface area contributed by atoms with Gasteiger partial charge in [-0.1, -0.05) is 0 Å². The van der Waals surface area contributed by atoms with Gasteiger partial charge in [0.1, 0.15) is 11.9 Å². The monoisotopic (exact) mass is 388 g/mol. The van der Waals surface area contributed by atoms with Crippen LogP contribution in [0.25, 0.3) is 0 Å². The summed E-state index contributed by atoms with van der Waals surface area (Å²) in [4.78, 5) is 64.6. The van der Waals surface area contributed by atoms with E-state index in [2.05, 4.69) is 5.32 Å². The highest BCUT2D eigenvalue weighted by Gasteiger charge is 2.45. The number of nitrogens with zero attached hydrogens (tertiary/aromatic N) is 3. The maximum atomic E-state index is 14.7. The van der Waals surface area contributed by atoms with Gasteiger partial charge in [0.15, 0.2) is 0 Å². The lowest BCUT2D eigenvalue weighted by molar-refractivity contribution is -0.136. The van der Waals surface area contributed by atoms with Crippen molar-refractivity contribution in [3.63, 3.8) is 0 Å². The summed E-state index contributed by atoms with van der Waals surface area (Å²) in [5.41, 5.74) is -0.0830. The van der Waals surface area contributed by atoms with Crippen LogP contribution in [-0.4, -0.2) is 72.1 Å². The summed E-state index contributed by atoms with van der Waals surface area (Å²) < 4.78 is 14.7. The van der Waals surface area contributed by atoms with E-state index in [4.69, 9.17) is 0 Å². The molecule has 3 aliphatic rings. The number of piperidine rings is 1. The number of rotatable bonds is 2. The molecule has 4 rings (SSSR count). The first-order valence-electron chi connectivity index (χ1n) is 8.82. The van der Waals surface area contributed by atoms with Crippen LogP contribution in [0.4, 0.5) is 10.1 Å². The summed E-state index contributed by atoms with van der Waals surface area (Å²) >= 11 is 0. The molecule has 3 heterocycles. The third kappa shape index (κ3) is 2.72. The number of imide groups is 2. The van der Waals surface area contributed by atoms with Gasteiger partial charge in [0.25, 0.3) is 11.8 Å². The topological polar surface area (TPSA) is 107 Å². The molecule has 5 amide bonds. The number of benzene rings is 1. The van der Waals surface area contributed by atoms with Gasteiger partial charge in [0.05, 0.1) is 23.4 Å². The molecule has 2 saturated heterocycles. The molecule has 0 aromatic heterocycles. The van der Waals surface area contributed by atoms with Crippen molar-refractivity contribution in [3.05, 3.63) is 29.1 Å². The summed E-state index contributed by atoms with van der Waals surface area (Å²) in [6, 6.07) is 1.12. The van der Waals surface area contributed by atoms with E-state index in [-0.39, 0.29) is 42.1 Å². The van der Waals surface area contributed by atoms with E-state index in [0.29, 0.717) is 13.1 Å². The zero-order valence-corrected chi connectivity index (χ0v) is 15.0. The van der Waals surface area contributed by atoms with Gasteiger partial charge < -0.3 is 9.80 Å². The molecule has 0 spiro atoms. The zero-order valence-electron chi connectivity index (χ0n) is 15.0. The maximum Gasteiger partial charge on any atom is 0.262 e. The maximum absolute atomic E-state index is 14.7. The van der Waals surface area contributed by atoms with Crippen LogP contribution in [0, 0.1) is 5.82 Å². The standard InChI is InChI=1S/C18H17FN4O5/c1-21-4-5-22(8-15(21)25)13-7-10-9(6-11(13)19)17(27)23(18(10)28)12-2-3-14(24)20-16(12)26/h6-7,12H,2-5,8H2,1H3,(H,20,24,26). The molecule has 1 unspecified atom stereocenters. The summed E-state index contributed by atoms with van der Waals surface area (Å²) in [5, 5.41) is 2.11. The van der Waals surface area contributed by atoms with Crippen LogP contribution in [0.1, 0.15) is 33.6 Å². The summed E-state index contributed by atoms with van der Waals surface area (Å²) in [6.45, 7) is 0.757. The van der Waals surface area contributed by atoms with Crippen molar-refractivity contribution in [2.75, 3.05) is 31.6 Å². The predicted molar refractivity (Wildman–Crippen MR) is 92.9 cm³/mol. The number of anilines is 1. The van der Waals surface area contributed by atoms with E-state index in [1.807, 2.05) is 0 Å². The molecule has 1 aromatic carbocycles. The normalized spacial score (nSPS) is 22.7. The first-order valence-corrected chi connectivity index (χ1v) is 8.82. The van der Waals surface area contributed by atoms with E-state index in [1.165, 1.54) is 15.9 Å². The second-order valence-electron chi connectivity index (χ2n) is 7.03. The van der Waals surface area contributed by atoms with Crippen molar-refractivity contribution in [1.82, 2.24) is 15.1 Å². The minimum atomic E-state index is -1.11. The van der Waals surface area contributed by atoms with Crippen molar-refractivity contribution in [1.29, 1.82) is 0 Å². The second-order valence-corrected chi connectivity index (χ2v) is 7.03. The van der Waals surface area contributed by atoms with Crippen molar-refractivity contribution in [2.45, 2.75) is 18.9 Å². The molecule has 1 aromatic rings. The van der Waals surface area contributed by atoms with Crippen molar-refractivity contribution in [3.8, 4) is 0 Å². The molecule has 0 bridgehead atoms. The molecule has 3 aliphatic heterocycles. The van der Waals surface area contributed by atoms with E-state index in [1.54, 1.807) is 7.05 Å². The Labute approximate surface area is 159 Å². The number of likely N-dealkylation sites (N-methyl/N-ethyl adjacent to an activating group) is 1. The van der Waals surface area contributed by atoms with Crippen molar-refractivity contribution >= 4 is 35.2 Å². The number of carbonyl (C=O) groups excluding carboxylic acids is 5. The van der Waals surface area contributed by atoms with Gasteiger partial charge in [-0.05, 0) is 18.6 Å². The molecular weight excluding hydrogens is 371 g/mol. The minimum absolute atomic E-state index is 0.00678. The first kappa shape index (κ1) is 18.1. The summed E-state index contributed by atoms with van der Waals surface area (Å²) in [6.07, 6.45) is 0.0330. The molecule has 10 heteroatoms. The molecule has 0 radical (unpaired) electrons. The molecule has 0 aliphatic carbocycles. The number of hydrogen-bond donors (Lipinski definition) is 1. The molecule has 9 nitrogen and oxygen atoms in total. The first-order chi connectivity index (χ1) is 13.3. The Bertz CT molecular complexity index is 946. The number of amides is 5. The van der Waals surface area contributed by atoms with Crippen LogP contribution < -0.4 is 10.2 Å². The quantitative estimate of drug-likeness (QED) is 0.685. The third-order valence-corrected chi connectivity index (χ3v) is 5.31. The van der Waals surface area contributed by atoms with E-state index in [9.17, 15) is 28.4 Å². The van der Waals surface area contributed by atoms with E-state index in [0.717, 1.165) is 11.0 Å². The fourth-order valence-electron chi connectivity index (χ4n) is 3.69. The van der Waals surface area contributed by atoms with Crippen molar-refractivity contribution < 1.29 is 28.4 Å². The molecule has 28 heavy (non-hydrogen) atoms. The summed E-state index contributed by atoms with van der Waals surface area (Å²) in [5.74, 6) is -3.58. The Morgan fingerprint density at radius 2 is 1.71 bits per heavy atom. The van der Waals surface area contributed by atoms with Crippen LogP contribution in [0.15, 0.2) is 12.1 Å². The zero-order chi connectivity index (χ0) is 20.2. The average Bonchev–Trinajstić information content (AvgIpc) is 2.87. The van der Waals surface area contributed by atoms with Gasteiger partial charge >= 0.3 is 0 Å². The lowest BCUT2D eigenvalue weighted by Gasteiger charge is -2.33. The Hall–Kier alpha value is -3.30. The molecule has 1 N–H and O–H groups in total. The Morgan fingerprint density at radius 3 is 2.36 bits per heavy atom. The van der Waals surface area contributed by atoms with Crippen LogP contribution in [0.5, 0.6) is 0 Å². The molecule has 1 atom stereocenters. The average molecular weight is 388 g/mol. The molecule has 2 fully saturated rings. The van der Waals surface area contributed by atoms with Gasteiger partial charge in [0.2, 0.25) is 17.7 Å². The highest BCUT2D eigenvalue weighted by molar-refractivity contribution is 6.23. The fourth-order valence-corrected chi connectivity index (χ4v) is 3.69. The Kier molecular flexibility index (Phi) is 4.13. The van der Waals surface area contributed by atoms with Gasteiger partial charge in [-0.2, -0.15) is 0 Å². The Morgan fingerprint density at radius 1 is 1.04 bits per heavy atom. The van der Waals surface area contributed by atoms with Crippen LogP contribution in [0.2, 0.25) is 0 Å². The number of fused-ring (bicyclic) bond motifs is 1. The molecular formula is C18H17FN4O5. The van der Waals surface area contributed by atoms with E-state index >= 15 is 0 Å². The van der Waals surface area contributed by atoms with Gasteiger partial charge in [-0.15, -0.1) is 0 Å². The third-order valence-electron chi connectivity index (χ3n) is 5.31. The number of carbonyl (C=O) groups is 5. The molecule has 146 valence electrons. The lowest BCUT2D eigenvalue weighted by Crippen LogP contribution is -2.54. The largest absolute Gasteiger partial charge is 0.358 e. The van der Waals surface area contributed by atoms with E-state index < -0.39 is 35.5 Å². The van der Waals surface area contributed by atoms with Crippen LogP contribution >= 0.6 is 0 Å². The van der Waals surface area contributed by atoms with Gasteiger partial charge in [0, 0.05) is 26.6 Å². The van der Waals surface area contributed by atoms with Gasteiger partial charge in [-0.25, -0.2) is 4.39 Å². The van der Waals surface area contributed by atoms with Crippen LogP contribution in [0.3, 0.4) is 0 Å². The number of piperazine rings is 1. The Balaban J connectivity index is 1.66. The van der Waals surface area contributed by atoms with Crippen LogP contribution in [-0.2, 0) is 14.4 Å². The number of hydrogen-bond acceptors (Lipinski definition) is 6. The summed E-state index contributed by atoms with van der Waals surface area (Å²) in [7, 11) is 1.65. The smallest absolute Gasteiger partial charge is 0.262 e. The van der Waals surface area contributed by atoms with Gasteiger partial charge in [-0.3, -0.25) is 34.2 Å². The minimum Gasteiger partial charge on any atom is -0.358 e. The second kappa shape index (κ2) is 6.39. The number of nitrogens with one attached hydrogen (secondary N) is 1. The molecule has 0 saturated carbocycles. The lowest BCUT2D eigenvalue weighted by atomic mass is 10.0. The fraction of sp³-hybridized carbons (Fsp3) is 0.389. The number of halogens is 1. The predicted octanol–water partition coefficient (Wildman–Crippen LogP) is -0.495. The highest BCUT2D eigenvalue weighted by Crippen LogP contribution is 2.33.